The fraction of sp³-hybridized carbons (Fsp3) is 0.538. The highest BCUT2D eigenvalue weighted by Crippen LogP contribution is 2.21. The molecule has 1 nitrogen and oxygen atoms in total. The van der Waals surface area contributed by atoms with Crippen LogP contribution in [0.4, 0.5) is 0 Å². The van der Waals surface area contributed by atoms with Crippen molar-refractivity contribution < 1.29 is 4.43 Å². The van der Waals surface area contributed by atoms with Crippen LogP contribution in [0.1, 0.15) is 25.3 Å². The van der Waals surface area contributed by atoms with Crippen molar-refractivity contribution in [3.05, 3.63) is 29.8 Å². The highest BCUT2D eigenvalue weighted by Gasteiger charge is 2.23. The van der Waals surface area contributed by atoms with Crippen molar-refractivity contribution in [3.63, 3.8) is 0 Å². The predicted octanol–water partition coefficient (Wildman–Crippen LogP) is 4.38. The molecule has 0 saturated carbocycles. The minimum Gasteiger partial charge on any atom is -0.544 e. The zero-order valence-corrected chi connectivity index (χ0v) is 11.3. The van der Waals surface area contributed by atoms with Crippen molar-refractivity contribution >= 4 is 8.32 Å². The van der Waals surface area contributed by atoms with E-state index in [1.165, 1.54) is 24.4 Å². The maximum Gasteiger partial charge on any atom is 0.245 e. The number of hydrogen-bond donors (Lipinski definition) is 0. The third kappa shape index (κ3) is 4.52. The van der Waals surface area contributed by atoms with Crippen LogP contribution in [0.25, 0.3) is 0 Å². The van der Waals surface area contributed by atoms with E-state index in [-0.39, 0.29) is 0 Å². The van der Waals surface area contributed by atoms with Crippen LogP contribution in [-0.4, -0.2) is 8.32 Å². The number of aryl methyl sites for hydroxylation is 1. The number of hydrogen-bond acceptors (Lipinski definition) is 1. The molecule has 0 aliphatic carbocycles. The van der Waals surface area contributed by atoms with Gasteiger partial charge in [0, 0.05) is 0 Å². The Bertz CT molecular complexity index is 307. The van der Waals surface area contributed by atoms with Crippen LogP contribution in [0, 0.1) is 6.92 Å². The van der Waals surface area contributed by atoms with E-state index in [2.05, 4.69) is 51.2 Å². The van der Waals surface area contributed by atoms with E-state index in [1.54, 1.807) is 0 Å². The Hall–Kier alpha value is -0.763. The standard InChI is InChI=1S/C13H22OSi/c1-5-6-10-15(3,4)14-13-9-7-8-12(2)11-13/h7-9,11H,5-6,10H2,1-4H3. The van der Waals surface area contributed by atoms with E-state index in [9.17, 15) is 0 Å². The Kier molecular flexibility index (Phi) is 4.39. The van der Waals surface area contributed by atoms with Crippen molar-refractivity contribution in [2.45, 2.75) is 45.8 Å². The molecule has 1 aromatic carbocycles. The molecule has 0 saturated heterocycles. The number of rotatable bonds is 5. The maximum atomic E-state index is 6.12. The van der Waals surface area contributed by atoms with Gasteiger partial charge in [-0.25, -0.2) is 0 Å². The molecule has 1 aromatic rings. The van der Waals surface area contributed by atoms with E-state index >= 15 is 0 Å². The van der Waals surface area contributed by atoms with Crippen LogP contribution >= 0.6 is 0 Å². The molecule has 84 valence electrons. The van der Waals surface area contributed by atoms with Crippen LogP contribution in [0.5, 0.6) is 5.75 Å². The molecule has 2 heteroatoms. The second-order valence-corrected chi connectivity index (χ2v) is 9.01. The van der Waals surface area contributed by atoms with Gasteiger partial charge < -0.3 is 4.43 Å². The van der Waals surface area contributed by atoms with E-state index in [0.717, 1.165) is 5.75 Å². The van der Waals surface area contributed by atoms with Crippen LogP contribution in [-0.2, 0) is 0 Å². The van der Waals surface area contributed by atoms with E-state index in [0.29, 0.717) is 0 Å². The largest absolute Gasteiger partial charge is 0.544 e. The van der Waals surface area contributed by atoms with Crippen molar-refractivity contribution in [2.24, 2.45) is 0 Å². The van der Waals surface area contributed by atoms with Crippen molar-refractivity contribution in [2.75, 3.05) is 0 Å². The summed E-state index contributed by atoms with van der Waals surface area (Å²) in [5.41, 5.74) is 1.27. The summed E-state index contributed by atoms with van der Waals surface area (Å²) in [5.74, 6) is 1.04. The summed E-state index contributed by atoms with van der Waals surface area (Å²) in [7, 11) is -1.49. The lowest BCUT2D eigenvalue weighted by molar-refractivity contribution is 0.542. The van der Waals surface area contributed by atoms with Gasteiger partial charge in [-0.3, -0.25) is 0 Å². The number of unbranched alkanes of at least 4 members (excludes halogenated alkanes) is 1. The lowest BCUT2D eigenvalue weighted by Gasteiger charge is -2.24. The number of benzene rings is 1. The average molecular weight is 222 g/mol. The van der Waals surface area contributed by atoms with Gasteiger partial charge in [0.1, 0.15) is 5.75 Å². The molecule has 0 aromatic heterocycles. The molecular weight excluding hydrogens is 200 g/mol. The summed E-state index contributed by atoms with van der Waals surface area (Å²) in [6.07, 6.45) is 2.54. The first-order chi connectivity index (χ1) is 7.03. The second kappa shape index (κ2) is 5.36. The first kappa shape index (κ1) is 12.3. The van der Waals surface area contributed by atoms with Crippen LogP contribution in [0.3, 0.4) is 0 Å². The summed E-state index contributed by atoms with van der Waals surface area (Å²) in [6, 6.07) is 9.61. The van der Waals surface area contributed by atoms with Gasteiger partial charge in [0.05, 0.1) is 0 Å². The van der Waals surface area contributed by atoms with Gasteiger partial charge in [0.15, 0.2) is 0 Å². The van der Waals surface area contributed by atoms with Gasteiger partial charge in [0.25, 0.3) is 0 Å². The summed E-state index contributed by atoms with van der Waals surface area (Å²) < 4.78 is 6.12. The van der Waals surface area contributed by atoms with Crippen molar-refractivity contribution in [1.82, 2.24) is 0 Å². The van der Waals surface area contributed by atoms with Gasteiger partial charge in [-0.15, -0.1) is 0 Å². The van der Waals surface area contributed by atoms with E-state index in [1.807, 2.05) is 0 Å². The zero-order valence-electron chi connectivity index (χ0n) is 10.3. The fourth-order valence-electron chi connectivity index (χ4n) is 1.65. The quantitative estimate of drug-likeness (QED) is 0.672. The Labute approximate surface area is 94.6 Å². The smallest absolute Gasteiger partial charge is 0.245 e. The normalized spacial score (nSPS) is 11.5. The molecule has 0 aliphatic rings. The molecular formula is C13H22OSi. The molecule has 0 amide bonds. The Morgan fingerprint density at radius 2 is 2.00 bits per heavy atom. The minimum atomic E-state index is -1.49. The monoisotopic (exact) mass is 222 g/mol. The molecule has 0 atom stereocenters. The van der Waals surface area contributed by atoms with Crippen LogP contribution in [0.15, 0.2) is 24.3 Å². The molecule has 0 fully saturated rings. The third-order valence-corrected chi connectivity index (χ3v) is 4.86. The molecule has 0 bridgehead atoms. The summed E-state index contributed by atoms with van der Waals surface area (Å²) in [5, 5.41) is 0. The molecule has 0 N–H and O–H groups in total. The lowest BCUT2D eigenvalue weighted by Crippen LogP contribution is -2.33. The van der Waals surface area contributed by atoms with Gasteiger partial charge in [0.2, 0.25) is 8.32 Å². The SMILES string of the molecule is CCCC[Si](C)(C)Oc1cccc(C)c1. The highest BCUT2D eigenvalue weighted by molar-refractivity contribution is 6.71. The molecule has 0 radical (unpaired) electrons. The molecule has 1 rings (SSSR count). The molecule has 15 heavy (non-hydrogen) atoms. The first-order valence-corrected chi connectivity index (χ1v) is 8.91. The Balaban J connectivity index is 2.60. The molecule has 0 unspecified atom stereocenters. The van der Waals surface area contributed by atoms with E-state index < -0.39 is 8.32 Å². The fourth-order valence-corrected chi connectivity index (χ4v) is 3.72. The summed E-state index contributed by atoms with van der Waals surface area (Å²) in [4.78, 5) is 0. The van der Waals surface area contributed by atoms with Gasteiger partial charge in [-0.2, -0.15) is 0 Å². The van der Waals surface area contributed by atoms with Crippen molar-refractivity contribution in [3.8, 4) is 5.75 Å². The van der Waals surface area contributed by atoms with Gasteiger partial charge >= 0.3 is 0 Å². The first-order valence-electron chi connectivity index (χ1n) is 5.79. The van der Waals surface area contributed by atoms with Crippen LogP contribution in [0.2, 0.25) is 19.1 Å². The third-order valence-electron chi connectivity index (χ3n) is 2.52. The zero-order chi connectivity index (χ0) is 11.3. The average Bonchev–Trinajstić information content (AvgIpc) is 2.14. The summed E-state index contributed by atoms with van der Waals surface area (Å²) in [6.45, 7) is 8.93. The molecule has 0 heterocycles. The molecule has 0 spiro atoms. The predicted molar refractivity (Wildman–Crippen MR) is 69.0 cm³/mol. The van der Waals surface area contributed by atoms with Crippen LogP contribution < -0.4 is 4.43 Å². The maximum absolute atomic E-state index is 6.12. The molecule has 0 aliphatic heterocycles. The van der Waals surface area contributed by atoms with Gasteiger partial charge in [-0.1, -0.05) is 31.9 Å². The van der Waals surface area contributed by atoms with Crippen molar-refractivity contribution in [1.29, 1.82) is 0 Å². The summed E-state index contributed by atoms with van der Waals surface area (Å²) >= 11 is 0. The second-order valence-electron chi connectivity index (χ2n) is 4.78. The highest BCUT2D eigenvalue weighted by atomic mass is 28.4. The minimum absolute atomic E-state index is 1.04. The Morgan fingerprint density at radius 3 is 2.60 bits per heavy atom. The lowest BCUT2D eigenvalue weighted by atomic mass is 10.2. The van der Waals surface area contributed by atoms with E-state index in [4.69, 9.17) is 4.43 Å². The van der Waals surface area contributed by atoms with Gasteiger partial charge in [-0.05, 0) is 43.8 Å². The Morgan fingerprint density at radius 1 is 1.27 bits per heavy atom. The topological polar surface area (TPSA) is 9.23 Å².